The predicted octanol–water partition coefficient (Wildman–Crippen LogP) is 4.53. The van der Waals surface area contributed by atoms with Gasteiger partial charge in [-0.05, 0) is 48.4 Å². The van der Waals surface area contributed by atoms with E-state index in [1.807, 2.05) is 19.1 Å². The van der Waals surface area contributed by atoms with E-state index < -0.39 is 12.5 Å². The summed E-state index contributed by atoms with van der Waals surface area (Å²) in [6.45, 7) is -0.918. The highest BCUT2D eigenvalue weighted by Crippen LogP contribution is 2.29. The fraction of sp³-hybridized carbons (Fsp3) is 0.238. The summed E-state index contributed by atoms with van der Waals surface area (Å²) in [4.78, 5) is 24.0. The Balaban J connectivity index is 1.83. The molecular weight excluding hydrogens is 462 g/mol. The number of alkyl halides is 2. The molecule has 2 aromatic carbocycles. The fourth-order valence-corrected chi connectivity index (χ4v) is 2.81. The Kier molecular flexibility index (Phi) is 8.79. The van der Waals surface area contributed by atoms with Crippen LogP contribution in [-0.2, 0) is 9.59 Å². The standard InChI is InChI=1S/C21H21BrF2N2O4/c1-13-3-6-15(22)12-16(13)26-20(28)9-10-25-19(27)8-5-14-4-7-17(30-21(23)24)18(11-14)29-2/h3-8,11-12,21H,9-10H2,1-2H3,(H,25,27)(H,26,28)/b8-5+. The number of nitrogens with one attached hydrogen (secondary N) is 2. The average molecular weight is 483 g/mol. The lowest BCUT2D eigenvalue weighted by atomic mass is 10.2. The molecule has 30 heavy (non-hydrogen) atoms. The smallest absolute Gasteiger partial charge is 0.387 e. The molecule has 0 aromatic heterocycles. The molecule has 0 aliphatic carbocycles. The molecule has 0 saturated heterocycles. The van der Waals surface area contributed by atoms with Crippen LogP contribution in [0.1, 0.15) is 17.5 Å². The van der Waals surface area contributed by atoms with Crippen LogP contribution in [0.4, 0.5) is 14.5 Å². The molecule has 0 saturated carbocycles. The summed E-state index contributed by atoms with van der Waals surface area (Å²) >= 11 is 3.35. The van der Waals surface area contributed by atoms with E-state index >= 15 is 0 Å². The Morgan fingerprint density at radius 2 is 1.93 bits per heavy atom. The van der Waals surface area contributed by atoms with Gasteiger partial charge in [-0.1, -0.05) is 28.1 Å². The van der Waals surface area contributed by atoms with E-state index in [9.17, 15) is 18.4 Å². The summed E-state index contributed by atoms with van der Waals surface area (Å²) in [5.74, 6) is -0.591. The lowest BCUT2D eigenvalue weighted by Crippen LogP contribution is -2.26. The number of halogens is 3. The van der Waals surface area contributed by atoms with Crippen LogP contribution in [0, 0.1) is 6.92 Å². The van der Waals surface area contributed by atoms with Gasteiger partial charge >= 0.3 is 6.61 Å². The van der Waals surface area contributed by atoms with Crippen LogP contribution in [0.5, 0.6) is 11.5 Å². The van der Waals surface area contributed by atoms with Crippen molar-refractivity contribution in [2.24, 2.45) is 0 Å². The van der Waals surface area contributed by atoms with E-state index in [1.54, 1.807) is 6.07 Å². The topological polar surface area (TPSA) is 76.7 Å². The number of hydrogen-bond donors (Lipinski definition) is 2. The highest BCUT2D eigenvalue weighted by atomic mass is 79.9. The van der Waals surface area contributed by atoms with Crippen molar-refractivity contribution in [3.8, 4) is 11.5 Å². The molecule has 0 spiro atoms. The van der Waals surface area contributed by atoms with E-state index in [4.69, 9.17) is 4.74 Å². The van der Waals surface area contributed by atoms with Crippen LogP contribution in [0.2, 0.25) is 0 Å². The highest BCUT2D eigenvalue weighted by molar-refractivity contribution is 9.10. The summed E-state index contributed by atoms with van der Waals surface area (Å²) in [6, 6.07) is 9.88. The Labute approximate surface area is 181 Å². The van der Waals surface area contributed by atoms with Crippen molar-refractivity contribution in [2.45, 2.75) is 20.0 Å². The molecule has 0 aliphatic rings. The maximum Gasteiger partial charge on any atom is 0.387 e. The molecule has 2 rings (SSSR count). The number of anilines is 1. The molecule has 2 aromatic rings. The van der Waals surface area contributed by atoms with Gasteiger partial charge in [-0.2, -0.15) is 8.78 Å². The normalized spacial score (nSPS) is 10.9. The minimum absolute atomic E-state index is 0.0965. The maximum atomic E-state index is 12.4. The van der Waals surface area contributed by atoms with Gasteiger partial charge in [-0.15, -0.1) is 0 Å². The molecule has 0 heterocycles. The van der Waals surface area contributed by atoms with Crippen LogP contribution in [0.3, 0.4) is 0 Å². The van der Waals surface area contributed by atoms with E-state index in [0.717, 1.165) is 10.0 Å². The van der Waals surface area contributed by atoms with E-state index in [0.29, 0.717) is 11.3 Å². The predicted molar refractivity (Wildman–Crippen MR) is 114 cm³/mol. The van der Waals surface area contributed by atoms with E-state index in [1.165, 1.54) is 37.5 Å². The summed E-state index contributed by atoms with van der Waals surface area (Å²) in [5.41, 5.74) is 2.19. The van der Waals surface area contributed by atoms with Crippen molar-refractivity contribution >= 4 is 39.5 Å². The molecule has 0 atom stereocenters. The number of ether oxygens (including phenoxy) is 2. The molecule has 0 fully saturated rings. The number of aryl methyl sites for hydroxylation is 1. The summed E-state index contributed by atoms with van der Waals surface area (Å²) in [7, 11) is 1.33. The van der Waals surface area contributed by atoms with Crippen LogP contribution in [0.25, 0.3) is 6.08 Å². The zero-order valence-electron chi connectivity index (χ0n) is 16.4. The maximum absolute atomic E-state index is 12.4. The first-order valence-corrected chi connectivity index (χ1v) is 9.72. The zero-order valence-corrected chi connectivity index (χ0v) is 18.0. The average Bonchev–Trinajstić information content (AvgIpc) is 2.69. The van der Waals surface area contributed by atoms with Crippen molar-refractivity contribution in [2.75, 3.05) is 19.0 Å². The lowest BCUT2D eigenvalue weighted by molar-refractivity contribution is -0.117. The second-order valence-corrected chi connectivity index (χ2v) is 7.09. The number of carbonyl (C=O) groups is 2. The second-order valence-electron chi connectivity index (χ2n) is 6.17. The monoisotopic (exact) mass is 482 g/mol. The molecular formula is C21H21BrF2N2O4. The Morgan fingerprint density at radius 1 is 1.17 bits per heavy atom. The van der Waals surface area contributed by atoms with Gasteiger partial charge in [0.1, 0.15) is 0 Å². The fourth-order valence-electron chi connectivity index (χ4n) is 2.45. The van der Waals surface area contributed by atoms with Crippen LogP contribution in [-0.4, -0.2) is 32.1 Å². The van der Waals surface area contributed by atoms with Crippen molar-refractivity contribution in [3.05, 3.63) is 58.1 Å². The van der Waals surface area contributed by atoms with Gasteiger partial charge in [-0.3, -0.25) is 9.59 Å². The van der Waals surface area contributed by atoms with E-state index in [2.05, 4.69) is 31.3 Å². The zero-order chi connectivity index (χ0) is 22.1. The van der Waals surface area contributed by atoms with Gasteiger partial charge in [0.15, 0.2) is 11.5 Å². The van der Waals surface area contributed by atoms with Crippen molar-refractivity contribution in [1.82, 2.24) is 5.32 Å². The molecule has 160 valence electrons. The largest absolute Gasteiger partial charge is 0.493 e. The first kappa shape index (κ1) is 23.3. The third kappa shape index (κ3) is 7.47. The number of carbonyl (C=O) groups excluding carboxylic acids is 2. The quantitative estimate of drug-likeness (QED) is 0.515. The van der Waals surface area contributed by atoms with Gasteiger partial charge in [-0.25, -0.2) is 0 Å². The van der Waals surface area contributed by atoms with Gasteiger partial charge in [0.25, 0.3) is 0 Å². The Morgan fingerprint density at radius 3 is 2.63 bits per heavy atom. The highest BCUT2D eigenvalue weighted by Gasteiger charge is 2.10. The van der Waals surface area contributed by atoms with Crippen LogP contribution in [0.15, 0.2) is 46.9 Å². The van der Waals surface area contributed by atoms with Gasteiger partial charge in [0, 0.05) is 29.2 Å². The molecule has 0 aliphatic heterocycles. The lowest BCUT2D eigenvalue weighted by Gasteiger charge is -2.10. The van der Waals surface area contributed by atoms with Crippen LogP contribution >= 0.6 is 15.9 Å². The Hall–Kier alpha value is -2.94. The first-order valence-electron chi connectivity index (χ1n) is 8.93. The van der Waals surface area contributed by atoms with Crippen molar-refractivity contribution in [1.29, 1.82) is 0 Å². The summed E-state index contributed by atoms with van der Waals surface area (Å²) in [6.07, 6.45) is 2.88. The van der Waals surface area contributed by atoms with Gasteiger partial charge in [0.05, 0.1) is 7.11 Å². The summed E-state index contributed by atoms with van der Waals surface area (Å²) < 4.78 is 34.9. The third-order valence-corrected chi connectivity index (χ3v) is 4.45. The molecule has 0 radical (unpaired) electrons. The van der Waals surface area contributed by atoms with Gasteiger partial charge in [0.2, 0.25) is 11.8 Å². The minimum atomic E-state index is -2.96. The molecule has 2 amide bonds. The van der Waals surface area contributed by atoms with Crippen LogP contribution < -0.4 is 20.1 Å². The second kappa shape index (κ2) is 11.3. The first-order chi connectivity index (χ1) is 14.3. The molecule has 9 heteroatoms. The van der Waals surface area contributed by atoms with Crippen molar-refractivity contribution in [3.63, 3.8) is 0 Å². The molecule has 0 bridgehead atoms. The summed E-state index contributed by atoms with van der Waals surface area (Å²) in [5, 5.41) is 5.41. The number of rotatable bonds is 9. The number of hydrogen-bond acceptors (Lipinski definition) is 4. The third-order valence-electron chi connectivity index (χ3n) is 3.96. The molecule has 0 unspecified atom stereocenters. The van der Waals surface area contributed by atoms with E-state index in [-0.39, 0.29) is 30.4 Å². The molecule has 6 nitrogen and oxygen atoms in total. The SMILES string of the molecule is COc1cc(/C=C/C(=O)NCCC(=O)Nc2cc(Br)ccc2C)ccc1OC(F)F. The molecule has 2 N–H and O–H groups in total. The number of benzene rings is 2. The van der Waals surface area contributed by atoms with Gasteiger partial charge < -0.3 is 20.1 Å². The minimum Gasteiger partial charge on any atom is -0.493 e. The van der Waals surface area contributed by atoms with Crippen molar-refractivity contribution < 1.29 is 27.8 Å². The number of methoxy groups -OCH3 is 1. The Bertz CT molecular complexity index is 935. The number of amides is 2.